The lowest BCUT2D eigenvalue weighted by atomic mass is 10.1. The van der Waals surface area contributed by atoms with Crippen LogP contribution in [0.4, 0.5) is 5.82 Å². The standard InChI is InChI=1S/C14H18N4OS/c1-9(2)12-4-10(5-13(15)17-12)14(19)18(3)6-11-7-20-8-16-11/h4-5,7-9H,6H2,1-3H3,(H2,15,17). The van der Waals surface area contributed by atoms with Crippen molar-refractivity contribution in [1.82, 2.24) is 14.9 Å². The molecule has 2 rings (SSSR count). The first-order valence-electron chi connectivity index (χ1n) is 6.37. The van der Waals surface area contributed by atoms with E-state index in [-0.39, 0.29) is 11.8 Å². The molecule has 0 bridgehead atoms. The smallest absolute Gasteiger partial charge is 0.254 e. The van der Waals surface area contributed by atoms with Crippen molar-refractivity contribution in [3.63, 3.8) is 0 Å². The van der Waals surface area contributed by atoms with Gasteiger partial charge in [-0.1, -0.05) is 13.8 Å². The Morgan fingerprint density at radius 1 is 1.45 bits per heavy atom. The maximum Gasteiger partial charge on any atom is 0.254 e. The lowest BCUT2D eigenvalue weighted by molar-refractivity contribution is 0.0783. The quantitative estimate of drug-likeness (QED) is 0.939. The van der Waals surface area contributed by atoms with E-state index < -0.39 is 0 Å². The topological polar surface area (TPSA) is 72.1 Å². The van der Waals surface area contributed by atoms with Crippen LogP contribution in [-0.2, 0) is 6.54 Å². The van der Waals surface area contributed by atoms with Crippen molar-refractivity contribution in [2.75, 3.05) is 12.8 Å². The summed E-state index contributed by atoms with van der Waals surface area (Å²) in [6, 6.07) is 3.42. The van der Waals surface area contributed by atoms with Crippen LogP contribution in [-0.4, -0.2) is 27.8 Å². The van der Waals surface area contributed by atoms with Gasteiger partial charge in [-0.25, -0.2) is 9.97 Å². The molecule has 0 aromatic carbocycles. The minimum atomic E-state index is -0.0750. The normalized spacial score (nSPS) is 10.8. The molecule has 2 aromatic heterocycles. The first-order chi connectivity index (χ1) is 9.47. The fourth-order valence-corrected chi connectivity index (χ4v) is 2.39. The average Bonchev–Trinajstić information content (AvgIpc) is 2.89. The zero-order valence-electron chi connectivity index (χ0n) is 11.8. The van der Waals surface area contributed by atoms with E-state index in [2.05, 4.69) is 9.97 Å². The van der Waals surface area contributed by atoms with E-state index in [9.17, 15) is 4.79 Å². The van der Waals surface area contributed by atoms with Gasteiger partial charge >= 0.3 is 0 Å². The molecule has 0 unspecified atom stereocenters. The van der Waals surface area contributed by atoms with Crippen molar-refractivity contribution in [3.8, 4) is 0 Å². The van der Waals surface area contributed by atoms with Gasteiger partial charge in [-0.2, -0.15) is 0 Å². The van der Waals surface area contributed by atoms with Crippen LogP contribution in [0, 0.1) is 0 Å². The summed E-state index contributed by atoms with van der Waals surface area (Å²) in [6.45, 7) is 4.53. The third kappa shape index (κ3) is 3.33. The van der Waals surface area contributed by atoms with Crippen LogP contribution in [0.25, 0.3) is 0 Å². The summed E-state index contributed by atoms with van der Waals surface area (Å²) < 4.78 is 0. The van der Waals surface area contributed by atoms with Crippen LogP contribution in [0.2, 0.25) is 0 Å². The van der Waals surface area contributed by atoms with Crippen molar-refractivity contribution < 1.29 is 4.79 Å². The third-order valence-electron chi connectivity index (χ3n) is 2.93. The third-order valence-corrected chi connectivity index (χ3v) is 3.57. The maximum absolute atomic E-state index is 12.4. The fourth-order valence-electron chi connectivity index (χ4n) is 1.84. The highest BCUT2D eigenvalue weighted by Gasteiger charge is 2.15. The number of aromatic nitrogens is 2. The highest BCUT2D eigenvalue weighted by atomic mass is 32.1. The Morgan fingerprint density at radius 3 is 2.80 bits per heavy atom. The molecule has 1 amide bonds. The van der Waals surface area contributed by atoms with Crippen LogP contribution >= 0.6 is 11.3 Å². The van der Waals surface area contributed by atoms with E-state index in [1.807, 2.05) is 19.2 Å². The summed E-state index contributed by atoms with van der Waals surface area (Å²) in [4.78, 5) is 22.5. The van der Waals surface area contributed by atoms with Crippen molar-refractivity contribution in [3.05, 3.63) is 40.0 Å². The summed E-state index contributed by atoms with van der Waals surface area (Å²) in [5.41, 5.74) is 9.82. The van der Waals surface area contributed by atoms with Crippen molar-refractivity contribution >= 4 is 23.1 Å². The molecule has 5 nitrogen and oxygen atoms in total. The van der Waals surface area contributed by atoms with Crippen molar-refractivity contribution in [2.24, 2.45) is 0 Å². The van der Waals surface area contributed by atoms with Crippen molar-refractivity contribution in [2.45, 2.75) is 26.3 Å². The summed E-state index contributed by atoms with van der Waals surface area (Å²) in [5.74, 6) is 0.532. The lowest BCUT2D eigenvalue weighted by Gasteiger charge is -2.17. The monoisotopic (exact) mass is 290 g/mol. The number of thiazole rings is 1. The predicted octanol–water partition coefficient (Wildman–Crippen LogP) is 2.52. The van der Waals surface area contributed by atoms with Gasteiger partial charge in [-0.05, 0) is 18.1 Å². The van der Waals surface area contributed by atoms with Gasteiger partial charge in [0.25, 0.3) is 5.91 Å². The number of nitrogens with zero attached hydrogens (tertiary/aromatic N) is 3. The van der Waals surface area contributed by atoms with Crippen LogP contribution < -0.4 is 5.73 Å². The minimum absolute atomic E-state index is 0.0750. The molecule has 0 atom stereocenters. The second kappa shape index (κ2) is 6.00. The highest BCUT2D eigenvalue weighted by molar-refractivity contribution is 7.07. The number of hydrogen-bond acceptors (Lipinski definition) is 5. The summed E-state index contributed by atoms with van der Waals surface area (Å²) in [7, 11) is 1.76. The summed E-state index contributed by atoms with van der Waals surface area (Å²) >= 11 is 1.52. The molecule has 0 aliphatic rings. The van der Waals surface area contributed by atoms with Gasteiger partial charge in [-0.3, -0.25) is 4.79 Å². The molecule has 0 aliphatic carbocycles. The number of anilines is 1. The molecule has 0 aliphatic heterocycles. The van der Waals surface area contributed by atoms with E-state index in [1.54, 1.807) is 29.6 Å². The van der Waals surface area contributed by atoms with Gasteiger partial charge in [0, 0.05) is 23.7 Å². The molecule has 6 heteroatoms. The number of hydrogen-bond donors (Lipinski definition) is 1. The van der Waals surface area contributed by atoms with Crippen LogP contribution in [0.3, 0.4) is 0 Å². The Labute approximate surface area is 122 Å². The second-order valence-electron chi connectivity index (χ2n) is 5.00. The first kappa shape index (κ1) is 14.5. The Hall–Kier alpha value is -1.95. The lowest BCUT2D eigenvalue weighted by Crippen LogP contribution is -2.26. The summed E-state index contributed by atoms with van der Waals surface area (Å²) in [5, 5.41) is 1.93. The Balaban J connectivity index is 2.19. The zero-order valence-corrected chi connectivity index (χ0v) is 12.6. The van der Waals surface area contributed by atoms with Gasteiger partial charge in [0.1, 0.15) is 5.82 Å². The number of rotatable bonds is 4. The molecule has 0 saturated carbocycles. The fraction of sp³-hybridized carbons (Fsp3) is 0.357. The van der Waals surface area contributed by atoms with E-state index in [4.69, 9.17) is 5.73 Å². The Morgan fingerprint density at radius 2 is 2.20 bits per heavy atom. The highest BCUT2D eigenvalue weighted by Crippen LogP contribution is 2.17. The van der Waals surface area contributed by atoms with Gasteiger partial charge < -0.3 is 10.6 Å². The van der Waals surface area contributed by atoms with Crippen LogP contribution in [0.15, 0.2) is 23.0 Å². The molecule has 0 saturated heterocycles. The van der Waals surface area contributed by atoms with Gasteiger partial charge in [-0.15, -0.1) is 11.3 Å². The zero-order chi connectivity index (χ0) is 14.7. The maximum atomic E-state index is 12.4. The molecule has 2 heterocycles. The minimum Gasteiger partial charge on any atom is -0.384 e. The van der Waals surface area contributed by atoms with Crippen LogP contribution in [0.5, 0.6) is 0 Å². The van der Waals surface area contributed by atoms with Gasteiger partial charge in [0.05, 0.1) is 17.7 Å². The van der Waals surface area contributed by atoms with Gasteiger partial charge in [0.2, 0.25) is 0 Å². The van der Waals surface area contributed by atoms with E-state index in [1.165, 1.54) is 11.3 Å². The van der Waals surface area contributed by atoms with E-state index in [0.717, 1.165) is 11.4 Å². The van der Waals surface area contributed by atoms with Crippen LogP contribution in [0.1, 0.15) is 41.5 Å². The number of carbonyl (C=O) groups excluding carboxylic acids is 1. The molecule has 0 fully saturated rings. The molecule has 2 N–H and O–H groups in total. The molecule has 106 valence electrons. The number of pyridine rings is 1. The number of amides is 1. The second-order valence-corrected chi connectivity index (χ2v) is 5.72. The molecule has 20 heavy (non-hydrogen) atoms. The number of nitrogen functional groups attached to an aromatic ring is 1. The Bertz CT molecular complexity index is 595. The predicted molar refractivity (Wildman–Crippen MR) is 80.6 cm³/mol. The molecular weight excluding hydrogens is 272 g/mol. The van der Waals surface area contributed by atoms with Gasteiger partial charge in [0.15, 0.2) is 0 Å². The average molecular weight is 290 g/mol. The van der Waals surface area contributed by atoms with E-state index >= 15 is 0 Å². The van der Waals surface area contributed by atoms with E-state index in [0.29, 0.717) is 17.9 Å². The molecule has 0 spiro atoms. The SMILES string of the molecule is CC(C)c1cc(C(=O)N(C)Cc2cscn2)cc(N)n1. The molecular formula is C14H18N4OS. The number of carbonyl (C=O) groups is 1. The molecule has 2 aromatic rings. The summed E-state index contributed by atoms with van der Waals surface area (Å²) in [6.07, 6.45) is 0. The molecule has 0 radical (unpaired) electrons. The number of nitrogens with two attached hydrogens (primary N) is 1. The van der Waals surface area contributed by atoms with Crippen molar-refractivity contribution in [1.29, 1.82) is 0 Å². The Kier molecular flexibility index (Phi) is 4.34. The first-order valence-corrected chi connectivity index (χ1v) is 7.31. The largest absolute Gasteiger partial charge is 0.384 e.